The van der Waals surface area contributed by atoms with Gasteiger partial charge in [-0.15, -0.1) is 0 Å². The summed E-state index contributed by atoms with van der Waals surface area (Å²) in [5, 5.41) is 0. The van der Waals surface area contributed by atoms with Gasteiger partial charge in [0, 0.05) is 12.4 Å². The van der Waals surface area contributed by atoms with Gasteiger partial charge in [0.15, 0.2) is 23.2 Å². The topological polar surface area (TPSA) is 42.9 Å². The molecule has 0 N–H and O–H groups in total. The lowest BCUT2D eigenvalue weighted by Crippen LogP contribution is -2.08. The first-order valence-corrected chi connectivity index (χ1v) is 5.97. The first-order chi connectivity index (χ1) is 10.1. The second-order valence-corrected chi connectivity index (χ2v) is 4.28. The molecule has 6 heteroatoms. The van der Waals surface area contributed by atoms with Crippen LogP contribution in [0, 0.1) is 17.5 Å². The Morgan fingerprint density at radius 3 is 2.43 bits per heavy atom. The van der Waals surface area contributed by atoms with Gasteiger partial charge in [0.1, 0.15) is 0 Å². The van der Waals surface area contributed by atoms with Crippen LogP contribution in [0.4, 0.5) is 13.2 Å². The highest BCUT2D eigenvalue weighted by Crippen LogP contribution is 2.22. The second kappa shape index (κ2) is 4.97. The van der Waals surface area contributed by atoms with E-state index in [2.05, 4.69) is 9.97 Å². The molecule has 0 saturated heterocycles. The van der Waals surface area contributed by atoms with Crippen LogP contribution in [-0.2, 0) is 0 Å². The average molecular weight is 288 g/mol. The predicted molar refractivity (Wildman–Crippen MR) is 69.3 cm³/mol. The number of carbonyl (C=O) groups excluding carboxylic acids is 1. The highest BCUT2D eigenvalue weighted by Gasteiger charge is 2.21. The number of nitrogens with zero attached hydrogens (tertiary/aromatic N) is 2. The van der Waals surface area contributed by atoms with E-state index in [4.69, 9.17) is 0 Å². The SMILES string of the molecule is O=C(c1ccc(F)c(F)c1F)c1cccc2nccnc12. The van der Waals surface area contributed by atoms with Crippen molar-refractivity contribution < 1.29 is 18.0 Å². The molecule has 0 saturated carbocycles. The van der Waals surface area contributed by atoms with Crippen LogP contribution < -0.4 is 0 Å². The molecule has 3 nitrogen and oxygen atoms in total. The summed E-state index contributed by atoms with van der Waals surface area (Å²) in [6, 6.07) is 6.25. The van der Waals surface area contributed by atoms with Crippen LogP contribution in [0.3, 0.4) is 0 Å². The molecule has 0 unspecified atom stereocenters. The van der Waals surface area contributed by atoms with E-state index in [-0.39, 0.29) is 11.1 Å². The maximum Gasteiger partial charge on any atom is 0.198 e. The second-order valence-electron chi connectivity index (χ2n) is 4.28. The lowest BCUT2D eigenvalue weighted by molar-refractivity contribution is 0.103. The quantitative estimate of drug-likeness (QED) is 0.537. The molecule has 0 aliphatic carbocycles. The molecule has 0 aliphatic rings. The molecule has 3 rings (SSSR count). The summed E-state index contributed by atoms with van der Waals surface area (Å²) in [7, 11) is 0. The minimum absolute atomic E-state index is 0.0745. The van der Waals surface area contributed by atoms with E-state index in [1.807, 2.05) is 0 Å². The molecule has 1 aromatic heterocycles. The zero-order valence-corrected chi connectivity index (χ0v) is 10.5. The zero-order chi connectivity index (χ0) is 15.0. The largest absolute Gasteiger partial charge is 0.288 e. The Bertz CT molecular complexity index is 859. The van der Waals surface area contributed by atoms with Gasteiger partial charge in [-0.2, -0.15) is 0 Å². The Kier molecular flexibility index (Phi) is 3.13. The molecule has 0 bridgehead atoms. The van der Waals surface area contributed by atoms with Crippen LogP contribution >= 0.6 is 0 Å². The van der Waals surface area contributed by atoms with Crippen molar-refractivity contribution in [2.24, 2.45) is 0 Å². The smallest absolute Gasteiger partial charge is 0.198 e. The van der Waals surface area contributed by atoms with E-state index in [0.717, 1.165) is 6.07 Å². The van der Waals surface area contributed by atoms with E-state index < -0.39 is 28.8 Å². The molecule has 21 heavy (non-hydrogen) atoms. The van der Waals surface area contributed by atoms with Crippen molar-refractivity contribution in [1.29, 1.82) is 0 Å². The van der Waals surface area contributed by atoms with Gasteiger partial charge in [-0.1, -0.05) is 6.07 Å². The Labute approximate surface area is 117 Å². The first kappa shape index (κ1) is 13.2. The van der Waals surface area contributed by atoms with E-state index in [1.54, 1.807) is 12.1 Å². The number of ketones is 1. The fraction of sp³-hybridized carbons (Fsp3) is 0. The molecular weight excluding hydrogens is 281 g/mol. The van der Waals surface area contributed by atoms with Crippen molar-refractivity contribution in [2.45, 2.75) is 0 Å². The molecule has 104 valence electrons. The summed E-state index contributed by atoms with van der Waals surface area (Å²) in [6.45, 7) is 0. The van der Waals surface area contributed by atoms with Gasteiger partial charge in [0.25, 0.3) is 0 Å². The lowest BCUT2D eigenvalue weighted by atomic mass is 10.0. The van der Waals surface area contributed by atoms with Crippen LogP contribution in [0.15, 0.2) is 42.7 Å². The van der Waals surface area contributed by atoms with Crippen LogP contribution in [0.1, 0.15) is 15.9 Å². The van der Waals surface area contributed by atoms with Crippen LogP contribution in [0.5, 0.6) is 0 Å². The maximum atomic E-state index is 13.7. The van der Waals surface area contributed by atoms with Gasteiger partial charge in [-0.3, -0.25) is 14.8 Å². The number of fused-ring (bicyclic) bond motifs is 1. The van der Waals surface area contributed by atoms with Gasteiger partial charge >= 0.3 is 0 Å². The average Bonchev–Trinajstić information content (AvgIpc) is 2.51. The fourth-order valence-corrected chi connectivity index (χ4v) is 2.02. The van der Waals surface area contributed by atoms with Gasteiger partial charge in [0.2, 0.25) is 0 Å². The zero-order valence-electron chi connectivity index (χ0n) is 10.5. The summed E-state index contributed by atoms with van der Waals surface area (Å²) in [6.07, 6.45) is 2.84. The van der Waals surface area contributed by atoms with Crippen LogP contribution in [-0.4, -0.2) is 15.8 Å². The van der Waals surface area contributed by atoms with Crippen molar-refractivity contribution in [3.05, 3.63) is 71.3 Å². The van der Waals surface area contributed by atoms with Crippen molar-refractivity contribution in [3.63, 3.8) is 0 Å². The summed E-state index contributed by atoms with van der Waals surface area (Å²) in [5.41, 5.74) is 0.248. The number of rotatable bonds is 2. The Morgan fingerprint density at radius 1 is 0.857 bits per heavy atom. The van der Waals surface area contributed by atoms with Crippen LogP contribution in [0.2, 0.25) is 0 Å². The third-order valence-corrected chi connectivity index (χ3v) is 3.02. The molecule has 2 aromatic carbocycles. The van der Waals surface area contributed by atoms with Crippen molar-refractivity contribution in [3.8, 4) is 0 Å². The normalized spacial score (nSPS) is 10.8. The molecule has 0 spiro atoms. The molecule has 0 atom stereocenters. The molecule has 3 aromatic rings. The number of hydrogen-bond acceptors (Lipinski definition) is 3. The molecule has 0 aliphatic heterocycles. The van der Waals surface area contributed by atoms with Gasteiger partial charge in [-0.05, 0) is 24.3 Å². The number of para-hydroxylation sites is 1. The van der Waals surface area contributed by atoms with E-state index in [9.17, 15) is 18.0 Å². The summed E-state index contributed by atoms with van der Waals surface area (Å²) in [5.74, 6) is -5.31. The monoisotopic (exact) mass is 288 g/mol. The Hall–Kier alpha value is -2.76. The molecule has 1 heterocycles. The van der Waals surface area contributed by atoms with Gasteiger partial charge < -0.3 is 0 Å². The van der Waals surface area contributed by atoms with Crippen molar-refractivity contribution in [1.82, 2.24) is 9.97 Å². The summed E-state index contributed by atoms with van der Waals surface area (Å²) < 4.78 is 39.9. The number of benzene rings is 2. The minimum atomic E-state index is -1.67. The van der Waals surface area contributed by atoms with E-state index in [1.165, 1.54) is 18.5 Å². The predicted octanol–water partition coefficient (Wildman–Crippen LogP) is 3.28. The third kappa shape index (κ3) is 2.14. The third-order valence-electron chi connectivity index (χ3n) is 3.02. The molecular formula is C15H7F3N2O. The van der Waals surface area contributed by atoms with Crippen LogP contribution in [0.25, 0.3) is 11.0 Å². The number of carbonyl (C=O) groups is 1. The molecule has 0 radical (unpaired) electrons. The highest BCUT2D eigenvalue weighted by atomic mass is 19.2. The van der Waals surface area contributed by atoms with Crippen molar-refractivity contribution in [2.75, 3.05) is 0 Å². The maximum absolute atomic E-state index is 13.7. The Balaban J connectivity index is 2.20. The summed E-state index contributed by atoms with van der Waals surface area (Å²) >= 11 is 0. The molecule has 0 fully saturated rings. The number of aromatic nitrogens is 2. The van der Waals surface area contributed by atoms with E-state index >= 15 is 0 Å². The van der Waals surface area contributed by atoms with E-state index in [0.29, 0.717) is 11.6 Å². The lowest BCUT2D eigenvalue weighted by Gasteiger charge is -2.06. The first-order valence-electron chi connectivity index (χ1n) is 5.97. The van der Waals surface area contributed by atoms with Gasteiger partial charge in [-0.25, -0.2) is 13.2 Å². The molecule has 0 amide bonds. The van der Waals surface area contributed by atoms with Crippen molar-refractivity contribution >= 4 is 16.8 Å². The Morgan fingerprint density at radius 2 is 1.62 bits per heavy atom. The van der Waals surface area contributed by atoms with Gasteiger partial charge in [0.05, 0.1) is 22.2 Å². The standard InChI is InChI=1S/C15H7F3N2O/c16-10-5-4-8(12(17)13(10)18)15(21)9-2-1-3-11-14(9)20-7-6-19-11/h1-7H. The number of halogens is 3. The minimum Gasteiger partial charge on any atom is -0.288 e. The summed E-state index contributed by atoms with van der Waals surface area (Å²) in [4.78, 5) is 20.4. The number of hydrogen-bond donors (Lipinski definition) is 0. The fourth-order valence-electron chi connectivity index (χ4n) is 2.02. The highest BCUT2D eigenvalue weighted by molar-refractivity contribution is 6.15.